The number of hydrogen-bond acceptors (Lipinski definition) is 17. The van der Waals surface area contributed by atoms with Crippen molar-refractivity contribution in [3.63, 3.8) is 0 Å². The summed E-state index contributed by atoms with van der Waals surface area (Å²) in [4.78, 5) is 162. The number of carbonyl (C=O) groups is 12. The summed E-state index contributed by atoms with van der Waals surface area (Å²) in [5.41, 5.74) is 39.5. The van der Waals surface area contributed by atoms with E-state index < -0.39 is 151 Å². The molecule has 0 saturated heterocycles. The molecule has 0 saturated carbocycles. The summed E-state index contributed by atoms with van der Waals surface area (Å²) in [7, 11) is 0. The molecule has 0 fully saturated rings. The molecule has 9 atom stereocenters. The summed E-state index contributed by atoms with van der Waals surface area (Å²) in [6, 6.07) is -4.67. The lowest BCUT2D eigenvalue weighted by Crippen LogP contribution is -2.60. The van der Waals surface area contributed by atoms with Gasteiger partial charge in [0, 0.05) is 31.6 Å². The summed E-state index contributed by atoms with van der Waals surface area (Å²) in [6.45, 7) is 3.83. The van der Waals surface area contributed by atoms with Gasteiger partial charge < -0.3 is 92.9 Å². The van der Waals surface area contributed by atoms with Crippen LogP contribution >= 0.6 is 12.6 Å². The normalized spacial score (nSPS) is 14.3. The van der Waals surface area contributed by atoms with Crippen LogP contribution in [0.25, 0.3) is 0 Å². The van der Waals surface area contributed by atoms with Crippen molar-refractivity contribution in [2.45, 2.75) is 165 Å². The van der Waals surface area contributed by atoms with Crippen LogP contribution in [0.2, 0.25) is 0 Å². The molecule has 0 aliphatic heterocycles. The van der Waals surface area contributed by atoms with Gasteiger partial charge >= 0.3 is 11.9 Å². The summed E-state index contributed by atoms with van der Waals surface area (Å²) in [5, 5.41) is 39.2. The quantitative estimate of drug-likeness (QED) is 0.0126. The third-order valence-corrected chi connectivity index (χ3v) is 12.5. The third kappa shape index (κ3) is 30.0. The first kappa shape index (κ1) is 71.4. The predicted molar refractivity (Wildman–Crippen MR) is 299 cm³/mol. The van der Waals surface area contributed by atoms with Gasteiger partial charge in [0.05, 0.1) is 12.5 Å². The first-order valence-corrected chi connectivity index (χ1v) is 27.2. The number of carboxylic acid groups (broad SMARTS) is 2. The maximum absolute atomic E-state index is 14.4. The number of nitrogens with zero attached hydrogens (tertiary/aromatic N) is 1. The molecule has 0 aliphatic carbocycles. The molecule has 9 unspecified atom stereocenters. The van der Waals surface area contributed by atoms with Gasteiger partial charge in [-0.25, -0.2) is 4.79 Å². The Morgan fingerprint density at radius 1 is 0.506 bits per heavy atom. The highest BCUT2D eigenvalue weighted by atomic mass is 32.1. The average Bonchev–Trinajstić information content (AvgIpc) is 3.39. The van der Waals surface area contributed by atoms with Crippen LogP contribution in [0.5, 0.6) is 0 Å². The lowest BCUT2D eigenvalue weighted by Gasteiger charge is -2.28. The summed E-state index contributed by atoms with van der Waals surface area (Å²) >= 11 is 3.94. The Labute approximate surface area is 475 Å². The molecule has 1 aromatic carbocycles. The molecule has 0 heterocycles. The van der Waals surface area contributed by atoms with Gasteiger partial charge in [-0.2, -0.15) is 12.6 Å². The second-order valence-electron chi connectivity index (χ2n) is 19.6. The number of benzene rings is 1. The van der Waals surface area contributed by atoms with Crippen molar-refractivity contribution < 1.29 is 67.7 Å². The molecule has 30 nitrogen and oxygen atoms in total. The Morgan fingerprint density at radius 2 is 0.901 bits per heavy atom. The summed E-state index contributed by atoms with van der Waals surface area (Å²) in [5.74, 6) is -12.9. The lowest BCUT2D eigenvalue weighted by atomic mass is 10.00. The standard InChI is InChI=1S/C50H84N16O14S/c1-27(2)23-35(65-48(78)36(24-28-11-4-3-5-12-28)64-41(71)29(53)25-39(55)68)47(77)61-32(15-10-22-58-50(56)57)44(74)63-34(17-19-40(69)70)45(75)60-30(13-6-8-20-51)42(72)59-31(14-7-9-21-52)43(73)62-33(16-18-38(54)67)46(76)66-37(26-81)49(79)80/h3-5,11-12,27,29-37,81H,6-10,13-26,51-53H2,1-2H3,(H2,54,67)(H2,55,68)(H,59,72)(H,60,75)(H,61,77)(H,62,73)(H,63,74)(H,64,71)(H,65,78)(H,66,76)(H,69,70)(H,79,80)(H4,56,57,58). The van der Waals surface area contributed by atoms with Crippen LogP contribution in [0.4, 0.5) is 0 Å². The molecule has 0 bridgehead atoms. The van der Waals surface area contributed by atoms with E-state index in [1.54, 1.807) is 44.2 Å². The van der Waals surface area contributed by atoms with Gasteiger partial charge in [0.25, 0.3) is 0 Å². The maximum Gasteiger partial charge on any atom is 0.327 e. The van der Waals surface area contributed by atoms with E-state index in [4.69, 9.17) is 40.1 Å². The Balaban J connectivity index is 3.68. The number of guanidine groups is 1. The van der Waals surface area contributed by atoms with Gasteiger partial charge in [0.15, 0.2) is 5.96 Å². The van der Waals surface area contributed by atoms with Crippen molar-refractivity contribution in [3.8, 4) is 0 Å². The number of rotatable bonds is 42. The molecular weight excluding hydrogens is 1080 g/mol. The van der Waals surface area contributed by atoms with E-state index in [9.17, 15) is 67.7 Å². The van der Waals surface area contributed by atoms with Crippen molar-refractivity contribution in [1.82, 2.24) is 42.5 Å². The minimum absolute atomic E-state index is 0.00523. The monoisotopic (exact) mass is 1160 g/mol. The van der Waals surface area contributed by atoms with Gasteiger partial charge in [-0.3, -0.25) is 57.7 Å². The molecule has 81 heavy (non-hydrogen) atoms. The highest BCUT2D eigenvalue weighted by Crippen LogP contribution is 2.13. The topological polar surface area (TPSA) is 536 Å². The minimum Gasteiger partial charge on any atom is -0.481 e. The molecule has 10 amide bonds. The largest absolute Gasteiger partial charge is 0.481 e. The highest BCUT2D eigenvalue weighted by Gasteiger charge is 2.35. The number of carbonyl (C=O) groups excluding carboxylic acids is 10. The number of aliphatic carboxylic acids is 2. The molecule has 1 aromatic rings. The van der Waals surface area contributed by atoms with E-state index in [1.807, 2.05) is 0 Å². The molecular formula is C50H84N16O14S. The zero-order valence-corrected chi connectivity index (χ0v) is 46.7. The van der Waals surface area contributed by atoms with Crippen molar-refractivity contribution in [2.75, 3.05) is 25.4 Å². The summed E-state index contributed by atoms with van der Waals surface area (Å²) in [6.07, 6.45) is -1.68. The first-order chi connectivity index (χ1) is 38.2. The lowest BCUT2D eigenvalue weighted by molar-refractivity contribution is -0.141. The fraction of sp³-hybridized carbons (Fsp3) is 0.620. The number of amides is 10. The van der Waals surface area contributed by atoms with Gasteiger partial charge in [0.1, 0.15) is 48.3 Å². The number of aliphatic imine (C=N–C) groups is 1. The fourth-order valence-corrected chi connectivity index (χ4v) is 8.08. The average molecular weight is 1170 g/mol. The van der Waals surface area contributed by atoms with Crippen LogP contribution in [0, 0.1) is 5.92 Å². The van der Waals surface area contributed by atoms with Gasteiger partial charge in [-0.15, -0.1) is 0 Å². The smallest absolute Gasteiger partial charge is 0.327 e. The second-order valence-corrected chi connectivity index (χ2v) is 19.9. The van der Waals surface area contributed by atoms with E-state index in [-0.39, 0.29) is 95.1 Å². The van der Waals surface area contributed by atoms with Crippen LogP contribution in [-0.2, 0) is 64.0 Å². The Bertz CT molecular complexity index is 2290. The zero-order valence-electron chi connectivity index (χ0n) is 45.8. The number of unbranched alkanes of at least 4 members (excludes halogenated alkanes) is 2. The van der Waals surface area contributed by atoms with Crippen molar-refractivity contribution in [3.05, 3.63) is 35.9 Å². The van der Waals surface area contributed by atoms with Crippen molar-refractivity contribution >= 4 is 89.6 Å². The van der Waals surface area contributed by atoms with Crippen LogP contribution in [0.15, 0.2) is 35.3 Å². The van der Waals surface area contributed by atoms with Crippen LogP contribution in [-0.4, -0.2) is 167 Å². The van der Waals surface area contributed by atoms with Crippen LogP contribution in [0.1, 0.15) is 109 Å². The molecule has 0 aromatic heterocycles. The molecule has 0 spiro atoms. The number of nitrogens with one attached hydrogen (secondary N) is 8. The van der Waals surface area contributed by atoms with E-state index in [1.165, 1.54) is 0 Å². The second kappa shape index (κ2) is 38.9. The van der Waals surface area contributed by atoms with E-state index in [0.29, 0.717) is 18.4 Å². The van der Waals surface area contributed by atoms with E-state index >= 15 is 0 Å². The van der Waals surface area contributed by atoms with Crippen molar-refractivity contribution in [1.29, 1.82) is 0 Å². The van der Waals surface area contributed by atoms with E-state index in [0.717, 1.165) is 0 Å². The molecule has 454 valence electrons. The Hall–Kier alpha value is -7.64. The van der Waals surface area contributed by atoms with Crippen molar-refractivity contribution in [2.24, 2.45) is 51.0 Å². The fourth-order valence-electron chi connectivity index (χ4n) is 7.83. The Morgan fingerprint density at radius 3 is 1.30 bits per heavy atom. The van der Waals surface area contributed by atoms with Crippen LogP contribution < -0.4 is 82.7 Å². The number of carboxylic acids is 2. The maximum atomic E-state index is 14.4. The molecule has 0 aliphatic rings. The van der Waals surface area contributed by atoms with Gasteiger partial charge in [-0.05, 0) is 95.2 Å². The number of thiol groups is 1. The number of hydrogen-bond donors (Lipinski definition) is 18. The Kier molecular flexibility index (Phi) is 34.3. The van der Waals surface area contributed by atoms with Crippen LogP contribution in [0.3, 0.4) is 0 Å². The minimum atomic E-state index is -1.69. The molecule has 24 N–H and O–H groups in total. The first-order valence-electron chi connectivity index (χ1n) is 26.5. The summed E-state index contributed by atoms with van der Waals surface area (Å²) < 4.78 is 0. The SMILES string of the molecule is CC(C)CC(NC(=O)C(Cc1ccccc1)NC(=O)C(N)CC(N)=O)C(=O)NC(CCCN=C(N)N)C(=O)NC(CCC(=O)O)C(=O)NC(CCCCN)C(=O)NC(CCCCN)C(=O)NC(CCC(N)=O)C(=O)NC(CS)C(=O)O. The predicted octanol–water partition coefficient (Wildman–Crippen LogP) is -5.19. The molecule has 0 radical (unpaired) electrons. The van der Waals surface area contributed by atoms with Gasteiger partial charge in [-0.1, -0.05) is 44.2 Å². The molecule has 1 rings (SSSR count). The van der Waals surface area contributed by atoms with E-state index in [2.05, 4.69) is 60.2 Å². The third-order valence-electron chi connectivity index (χ3n) is 12.1. The van der Waals surface area contributed by atoms with Gasteiger partial charge in [0.2, 0.25) is 59.1 Å². The number of primary amides is 2. The number of nitrogens with two attached hydrogens (primary N) is 7. The molecule has 31 heteroatoms. The highest BCUT2D eigenvalue weighted by molar-refractivity contribution is 7.80. The zero-order chi connectivity index (χ0) is 61.2.